The van der Waals surface area contributed by atoms with E-state index in [1.165, 1.54) is 0 Å². The van der Waals surface area contributed by atoms with Crippen molar-refractivity contribution in [2.24, 2.45) is 0 Å². The summed E-state index contributed by atoms with van der Waals surface area (Å²) >= 11 is 5.20. The van der Waals surface area contributed by atoms with Crippen LogP contribution in [0.2, 0.25) is 0 Å². The summed E-state index contributed by atoms with van der Waals surface area (Å²) in [6, 6.07) is 0. The second-order valence-corrected chi connectivity index (χ2v) is 2.45. The molecular weight excluding hydrogens is 187 g/mol. The first-order valence-corrected chi connectivity index (χ1v) is 3.37. The third kappa shape index (κ3) is 2.92. The summed E-state index contributed by atoms with van der Waals surface area (Å²) in [5.74, 6) is -2.57. The zero-order chi connectivity index (χ0) is 9.78. The van der Waals surface area contributed by atoms with Crippen LogP contribution in [0.15, 0.2) is 24.3 Å². The van der Waals surface area contributed by atoms with Crippen LogP contribution in [-0.4, -0.2) is 17.1 Å². The number of halogens is 2. The maximum Gasteiger partial charge on any atom is 0.508 e. The number of hydrogen-bond acceptors (Lipinski definition) is 2. The minimum absolute atomic E-state index is 0.359. The van der Waals surface area contributed by atoms with Gasteiger partial charge in [-0.1, -0.05) is 24.3 Å². The Balaban J connectivity index is 4.49. The van der Waals surface area contributed by atoms with Crippen LogP contribution in [0.4, 0.5) is 9.18 Å². The number of carboxylic acid groups (broad SMARTS) is 1. The van der Waals surface area contributed by atoms with Gasteiger partial charge in [-0.2, -0.15) is 4.39 Å². The standard InChI is InChI=1S/C7H8ClFO3/c1-3-4-7(9,5(2)8)12-6(10)11/h3H,1-2,4H2,(H,10,11). The van der Waals surface area contributed by atoms with Crippen LogP contribution < -0.4 is 0 Å². The molecule has 0 aromatic carbocycles. The first-order chi connectivity index (χ1) is 5.42. The summed E-state index contributed by atoms with van der Waals surface area (Å²) < 4.78 is 17.1. The fraction of sp³-hybridized carbons (Fsp3) is 0.286. The van der Waals surface area contributed by atoms with Crippen molar-refractivity contribution >= 4 is 17.8 Å². The van der Waals surface area contributed by atoms with Gasteiger partial charge in [0.2, 0.25) is 0 Å². The third-order valence-corrected chi connectivity index (χ3v) is 1.34. The Bertz CT molecular complexity index is 217. The molecular formula is C7H8ClFO3. The average molecular weight is 195 g/mol. The van der Waals surface area contributed by atoms with Crippen LogP contribution in [-0.2, 0) is 4.74 Å². The van der Waals surface area contributed by atoms with Crippen LogP contribution in [0.25, 0.3) is 0 Å². The predicted octanol–water partition coefficient (Wildman–Crippen LogP) is 2.68. The summed E-state index contributed by atoms with van der Waals surface area (Å²) in [7, 11) is 0. The van der Waals surface area contributed by atoms with Gasteiger partial charge in [-0.05, 0) is 0 Å². The lowest BCUT2D eigenvalue weighted by Gasteiger charge is -2.20. The topological polar surface area (TPSA) is 46.5 Å². The predicted molar refractivity (Wildman–Crippen MR) is 42.8 cm³/mol. The summed E-state index contributed by atoms with van der Waals surface area (Å²) in [5, 5.41) is 7.61. The molecule has 0 heterocycles. The van der Waals surface area contributed by atoms with E-state index in [2.05, 4.69) is 17.9 Å². The molecule has 0 amide bonds. The van der Waals surface area contributed by atoms with Crippen molar-refractivity contribution in [3.63, 3.8) is 0 Å². The molecule has 12 heavy (non-hydrogen) atoms. The van der Waals surface area contributed by atoms with Gasteiger partial charge in [0, 0.05) is 6.42 Å². The summed E-state index contributed by atoms with van der Waals surface area (Å²) in [6.07, 6.45) is -0.959. The van der Waals surface area contributed by atoms with Gasteiger partial charge in [0.05, 0.1) is 5.03 Å². The van der Waals surface area contributed by atoms with Crippen molar-refractivity contribution in [3.05, 3.63) is 24.3 Å². The molecule has 3 nitrogen and oxygen atoms in total. The van der Waals surface area contributed by atoms with E-state index in [0.717, 1.165) is 6.08 Å². The molecule has 0 aliphatic heterocycles. The monoisotopic (exact) mass is 194 g/mol. The van der Waals surface area contributed by atoms with E-state index in [-0.39, 0.29) is 6.42 Å². The first kappa shape index (κ1) is 11.0. The number of ether oxygens (including phenoxy) is 1. The number of alkyl halides is 1. The van der Waals surface area contributed by atoms with Crippen LogP contribution in [0.3, 0.4) is 0 Å². The molecule has 68 valence electrons. The molecule has 0 aromatic heterocycles. The van der Waals surface area contributed by atoms with E-state index in [1.54, 1.807) is 0 Å². The van der Waals surface area contributed by atoms with Crippen molar-refractivity contribution < 1.29 is 19.0 Å². The fourth-order valence-electron chi connectivity index (χ4n) is 0.532. The molecule has 0 aliphatic carbocycles. The largest absolute Gasteiger partial charge is 0.508 e. The zero-order valence-corrected chi connectivity index (χ0v) is 6.97. The highest BCUT2D eigenvalue weighted by molar-refractivity contribution is 6.30. The lowest BCUT2D eigenvalue weighted by Crippen LogP contribution is -2.29. The Hall–Kier alpha value is -1.03. The van der Waals surface area contributed by atoms with Gasteiger partial charge in [-0.15, -0.1) is 6.58 Å². The second kappa shape index (κ2) is 4.11. The fourth-order valence-corrected chi connectivity index (χ4v) is 0.648. The first-order valence-electron chi connectivity index (χ1n) is 2.99. The number of hydrogen-bond donors (Lipinski definition) is 1. The Labute approximate surface area is 74.1 Å². The van der Waals surface area contributed by atoms with Gasteiger partial charge in [-0.25, -0.2) is 4.79 Å². The third-order valence-electron chi connectivity index (χ3n) is 1.06. The van der Waals surface area contributed by atoms with Gasteiger partial charge in [0.15, 0.2) is 0 Å². The maximum absolute atomic E-state index is 13.3. The number of carbonyl (C=O) groups is 1. The highest BCUT2D eigenvalue weighted by Gasteiger charge is 2.35. The number of rotatable bonds is 4. The lowest BCUT2D eigenvalue weighted by atomic mass is 10.2. The molecule has 0 radical (unpaired) electrons. The Kier molecular flexibility index (Phi) is 3.76. The van der Waals surface area contributed by atoms with Crippen molar-refractivity contribution in [2.75, 3.05) is 0 Å². The van der Waals surface area contributed by atoms with Crippen LogP contribution in [0.1, 0.15) is 6.42 Å². The summed E-state index contributed by atoms with van der Waals surface area (Å²) in [6.45, 7) is 6.28. The highest BCUT2D eigenvalue weighted by atomic mass is 35.5. The molecule has 0 rings (SSSR count). The Morgan fingerprint density at radius 1 is 1.83 bits per heavy atom. The molecule has 0 bridgehead atoms. The van der Waals surface area contributed by atoms with Crippen molar-refractivity contribution in [3.8, 4) is 0 Å². The molecule has 1 N–H and O–H groups in total. The summed E-state index contributed by atoms with van der Waals surface area (Å²) in [4.78, 5) is 10.00. The average Bonchev–Trinajstić information content (AvgIpc) is 1.85. The molecule has 0 aromatic rings. The van der Waals surface area contributed by atoms with Gasteiger partial charge in [0.1, 0.15) is 0 Å². The Morgan fingerprint density at radius 3 is 2.58 bits per heavy atom. The van der Waals surface area contributed by atoms with Gasteiger partial charge in [-0.3, -0.25) is 0 Å². The van der Waals surface area contributed by atoms with Crippen molar-refractivity contribution in [1.29, 1.82) is 0 Å². The van der Waals surface area contributed by atoms with E-state index in [9.17, 15) is 9.18 Å². The van der Waals surface area contributed by atoms with Crippen LogP contribution >= 0.6 is 11.6 Å². The quantitative estimate of drug-likeness (QED) is 0.553. The second-order valence-electron chi connectivity index (χ2n) is 1.99. The zero-order valence-electron chi connectivity index (χ0n) is 6.22. The molecule has 0 saturated heterocycles. The maximum atomic E-state index is 13.3. The molecule has 0 aliphatic rings. The molecule has 0 fully saturated rings. The van der Waals surface area contributed by atoms with Crippen LogP contribution in [0.5, 0.6) is 0 Å². The van der Waals surface area contributed by atoms with E-state index in [0.29, 0.717) is 0 Å². The molecule has 1 atom stereocenters. The summed E-state index contributed by atoms with van der Waals surface area (Å²) in [5.41, 5.74) is 0. The SMILES string of the molecule is C=CCC(F)(OC(=O)O)C(=C)Cl. The van der Waals surface area contributed by atoms with E-state index < -0.39 is 17.0 Å². The van der Waals surface area contributed by atoms with Crippen LogP contribution in [0, 0.1) is 0 Å². The highest BCUT2D eigenvalue weighted by Crippen LogP contribution is 2.29. The van der Waals surface area contributed by atoms with Gasteiger partial charge >= 0.3 is 6.16 Å². The minimum atomic E-state index is -2.57. The normalized spacial score (nSPS) is 14.5. The van der Waals surface area contributed by atoms with E-state index in [4.69, 9.17) is 16.7 Å². The molecule has 0 spiro atoms. The van der Waals surface area contributed by atoms with Crippen molar-refractivity contribution in [1.82, 2.24) is 0 Å². The van der Waals surface area contributed by atoms with E-state index >= 15 is 0 Å². The molecule has 0 saturated carbocycles. The lowest BCUT2D eigenvalue weighted by molar-refractivity contribution is -0.0752. The Morgan fingerprint density at radius 2 is 2.33 bits per heavy atom. The van der Waals surface area contributed by atoms with Gasteiger partial charge < -0.3 is 9.84 Å². The van der Waals surface area contributed by atoms with E-state index in [1.807, 2.05) is 0 Å². The molecule has 1 unspecified atom stereocenters. The molecule has 5 heteroatoms. The van der Waals surface area contributed by atoms with Gasteiger partial charge in [0.25, 0.3) is 5.85 Å². The van der Waals surface area contributed by atoms with Crippen molar-refractivity contribution in [2.45, 2.75) is 12.3 Å². The smallest absolute Gasteiger partial charge is 0.450 e. The minimum Gasteiger partial charge on any atom is -0.450 e.